The molecule has 1 aliphatic carbocycles. The van der Waals surface area contributed by atoms with Crippen molar-refractivity contribution in [3.8, 4) is 11.5 Å². The minimum absolute atomic E-state index is 0.0421. The Morgan fingerprint density at radius 1 is 1.04 bits per heavy atom. The first-order chi connectivity index (χ1) is 21.8. The molecule has 4 unspecified atom stereocenters. The molecule has 0 spiro atoms. The van der Waals surface area contributed by atoms with Gasteiger partial charge in [0.05, 0.1) is 49.7 Å². The number of hydrogen-bond acceptors (Lipinski definition) is 6. The monoisotopic (exact) mass is 651 g/mol. The minimum atomic E-state index is -0.558. The van der Waals surface area contributed by atoms with Crippen molar-refractivity contribution in [2.45, 2.75) is 44.4 Å². The number of ether oxygens (including phenoxy) is 3. The molecule has 6 rings (SSSR count). The molecule has 10 heteroatoms. The van der Waals surface area contributed by atoms with Gasteiger partial charge in [0.25, 0.3) is 5.91 Å². The van der Waals surface area contributed by atoms with Gasteiger partial charge in [0.2, 0.25) is 0 Å². The zero-order chi connectivity index (χ0) is 31.7. The van der Waals surface area contributed by atoms with Crippen molar-refractivity contribution in [1.29, 1.82) is 0 Å². The molecule has 0 N–H and O–H groups in total. The summed E-state index contributed by atoms with van der Waals surface area (Å²) in [7, 11) is 3.30. The van der Waals surface area contributed by atoms with Gasteiger partial charge in [0.1, 0.15) is 17.3 Å². The summed E-state index contributed by atoms with van der Waals surface area (Å²) in [5, 5.41) is 7.07. The van der Waals surface area contributed by atoms with Crippen LogP contribution < -0.4 is 9.47 Å². The first kappa shape index (κ1) is 31.5. The Balaban J connectivity index is 1.31. The number of carbonyl (C=O) groups excluding carboxylic acids is 1. The van der Waals surface area contributed by atoms with E-state index in [1.807, 2.05) is 55.5 Å². The number of fused-ring (bicyclic) bond motifs is 1. The van der Waals surface area contributed by atoms with Crippen LogP contribution in [-0.2, 0) is 9.53 Å². The Hall–Kier alpha value is -3.43. The van der Waals surface area contributed by atoms with Crippen molar-refractivity contribution < 1.29 is 23.4 Å². The smallest absolute Gasteiger partial charge is 0.260 e. The van der Waals surface area contributed by atoms with Gasteiger partial charge in [-0.2, -0.15) is 5.10 Å². The number of rotatable bonds is 7. The molecule has 7 nitrogen and oxygen atoms in total. The van der Waals surface area contributed by atoms with E-state index in [1.165, 1.54) is 12.1 Å². The normalized spacial score (nSPS) is 23.4. The SMILES string of the molecule is COc1ccc(/C=C2/CCCC3C2=NN(C(=O)C(C)N2CCOC(c4cc(F)c(Cl)cc4Cl)C2)C3c2ccc(OC)cc2)cc1. The molecule has 2 fully saturated rings. The highest BCUT2D eigenvalue weighted by atomic mass is 35.5. The van der Waals surface area contributed by atoms with E-state index in [2.05, 4.69) is 11.0 Å². The summed E-state index contributed by atoms with van der Waals surface area (Å²) in [5.74, 6) is 0.953. The molecule has 1 amide bonds. The molecule has 0 bridgehead atoms. The van der Waals surface area contributed by atoms with E-state index >= 15 is 0 Å². The zero-order valence-electron chi connectivity index (χ0n) is 25.5. The Bertz CT molecular complexity index is 1610. The van der Waals surface area contributed by atoms with Crippen LogP contribution in [0.2, 0.25) is 10.0 Å². The average Bonchev–Trinajstić information content (AvgIpc) is 3.47. The number of amides is 1. The number of morpholine rings is 1. The van der Waals surface area contributed by atoms with E-state index in [9.17, 15) is 9.18 Å². The van der Waals surface area contributed by atoms with E-state index in [0.29, 0.717) is 30.3 Å². The van der Waals surface area contributed by atoms with Crippen LogP contribution in [0, 0.1) is 11.7 Å². The summed E-state index contributed by atoms with van der Waals surface area (Å²) in [6, 6.07) is 17.8. The van der Waals surface area contributed by atoms with Gasteiger partial charge >= 0.3 is 0 Å². The summed E-state index contributed by atoms with van der Waals surface area (Å²) in [5.41, 5.74) is 4.68. The average molecular weight is 653 g/mol. The number of benzene rings is 3. The highest BCUT2D eigenvalue weighted by Gasteiger charge is 2.45. The first-order valence-electron chi connectivity index (χ1n) is 15.2. The minimum Gasteiger partial charge on any atom is -0.497 e. The maximum Gasteiger partial charge on any atom is 0.260 e. The summed E-state index contributed by atoms with van der Waals surface area (Å²) in [6.45, 7) is 3.19. The third-order valence-electron chi connectivity index (χ3n) is 9.03. The zero-order valence-corrected chi connectivity index (χ0v) is 27.0. The van der Waals surface area contributed by atoms with Gasteiger partial charge in [-0.15, -0.1) is 0 Å². The van der Waals surface area contributed by atoms with Gasteiger partial charge in [-0.3, -0.25) is 9.69 Å². The highest BCUT2D eigenvalue weighted by Crippen LogP contribution is 2.45. The molecule has 0 radical (unpaired) electrons. The lowest BCUT2D eigenvalue weighted by Crippen LogP contribution is -2.50. The van der Waals surface area contributed by atoms with Crippen molar-refractivity contribution >= 4 is 40.9 Å². The van der Waals surface area contributed by atoms with Crippen molar-refractivity contribution in [3.05, 3.63) is 98.8 Å². The molecule has 236 valence electrons. The van der Waals surface area contributed by atoms with E-state index in [-0.39, 0.29) is 22.9 Å². The fourth-order valence-corrected chi connectivity index (χ4v) is 7.06. The molecular weight excluding hydrogens is 616 g/mol. The van der Waals surface area contributed by atoms with E-state index in [4.69, 9.17) is 42.5 Å². The van der Waals surface area contributed by atoms with Crippen molar-refractivity contribution in [3.63, 3.8) is 0 Å². The number of nitrogens with zero attached hydrogens (tertiary/aromatic N) is 3. The summed E-state index contributed by atoms with van der Waals surface area (Å²) in [4.78, 5) is 16.5. The van der Waals surface area contributed by atoms with Gasteiger partial charge < -0.3 is 14.2 Å². The Labute approximate surface area is 273 Å². The van der Waals surface area contributed by atoms with Crippen LogP contribution in [0.4, 0.5) is 4.39 Å². The van der Waals surface area contributed by atoms with Crippen LogP contribution in [0.5, 0.6) is 11.5 Å². The lowest BCUT2D eigenvalue weighted by Gasteiger charge is -2.38. The fraction of sp³-hybridized carbons (Fsp3) is 0.371. The molecule has 2 heterocycles. The number of hydrogen-bond donors (Lipinski definition) is 0. The second-order valence-electron chi connectivity index (χ2n) is 11.6. The summed E-state index contributed by atoms with van der Waals surface area (Å²) >= 11 is 12.4. The molecule has 1 saturated heterocycles. The molecule has 3 aromatic rings. The Kier molecular flexibility index (Phi) is 9.47. The predicted octanol–water partition coefficient (Wildman–Crippen LogP) is 7.73. The molecule has 3 aromatic carbocycles. The second kappa shape index (κ2) is 13.5. The predicted molar refractivity (Wildman–Crippen MR) is 174 cm³/mol. The first-order valence-corrected chi connectivity index (χ1v) is 15.9. The molecule has 4 atom stereocenters. The van der Waals surface area contributed by atoms with Crippen LogP contribution in [0.1, 0.15) is 55.0 Å². The van der Waals surface area contributed by atoms with Crippen LogP contribution in [0.15, 0.2) is 71.3 Å². The van der Waals surface area contributed by atoms with Gasteiger partial charge in [0.15, 0.2) is 0 Å². The Morgan fingerprint density at radius 3 is 2.42 bits per heavy atom. The number of allylic oxidation sites excluding steroid dienone is 1. The van der Waals surface area contributed by atoms with Crippen LogP contribution in [0.3, 0.4) is 0 Å². The van der Waals surface area contributed by atoms with Gasteiger partial charge in [0, 0.05) is 29.6 Å². The topological polar surface area (TPSA) is 63.6 Å². The van der Waals surface area contributed by atoms with Crippen molar-refractivity contribution in [2.75, 3.05) is 33.9 Å². The molecule has 2 aliphatic heterocycles. The molecular formula is C35H36Cl2FN3O4. The molecule has 3 aliphatic rings. The van der Waals surface area contributed by atoms with Gasteiger partial charge in [-0.25, -0.2) is 9.40 Å². The standard InChI is InChI=1S/C35H36Cl2FN3O4/c1-21(40-15-16-45-32(20-40)28-18-31(38)30(37)19-29(28)36)35(42)41-34(23-9-13-26(44-3)14-10-23)27-6-4-5-24(33(27)39-41)17-22-7-11-25(43-2)12-8-22/h7-14,17-19,21,27,32,34H,4-6,15-16,20H2,1-3H3/b24-17-. The summed E-state index contributed by atoms with van der Waals surface area (Å²) < 4.78 is 31.1. The van der Waals surface area contributed by atoms with Crippen LogP contribution >= 0.6 is 23.2 Å². The number of carbonyl (C=O) groups is 1. The van der Waals surface area contributed by atoms with Crippen molar-refractivity contribution in [2.24, 2.45) is 11.0 Å². The van der Waals surface area contributed by atoms with E-state index in [0.717, 1.165) is 53.2 Å². The third kappa shape index (κ3) is 6.47. The number of methoxy groups -OCH3 is 2. The van der Waals surface area contributed by atoms with Crippen molar-refractivity contribution in [1.82, 2.24) is 9.91 Å². The molecule has 45 heavy (non-hydrogen) atoms. The van der Waals surface area contributed by atoms with Crippen LogP contribution in [0.25, 0.3) is 6.08 Å². The van der Waals surface area contributed by atoms with Gasteiger partial charge in [-0.05, 0) is 85.4 Å². The number of halogens is 3. The fourth-order valence-electron chi connectivity index (χ4n) is 6.56. The molecule has 0 aromatic heterocycles. The van der Waals surface area contributed by atoms with Crippen LogP contribution in [-0.4, -0.2) is 61.5 Å². The lowest BCUT2D eigenvalue weighted by molar-refractivity contribution is -0.142. The lowest BCUT2D eigenvalue weighted by atomic mass is 9.77. The van der Waals surface area contributed by atoms with Gasteiger partial charge in [-0.1, -0.05) is 47.5 Å². The number of hydrazone groups is 1. The maximum absolute atomic E-state index is 14.4. The Morgan fingerprint density at radius 2 is 1.73 bits per heavy atom. The quantitative estimate of drug-likeness (QED) is 0.245. The maximum atomic E-state index is 14.4. The largest absolute Gasteiger partial charge is 0.497 e. The second-order valence-corrected chi connectivity index (χ2v) is 12.5. The van der Waals surface area contributed by atoms with E-state index < -0.39 is 18.0 Å². The molecule has 1 saturated carbocycles. The third-order valence-corrected chi connectivity index (χ3v) is 9.65. The summed E-state index contributed by atoms with van der Waals surface area (Å²) in [6.07, 6.45) is 4.48. The highest BCUT2D eigenvalue weighted by molar-refractivity contribution is 6.35. The van der Waals surface area contributed by atoms with E-state index in [1.54, 1.807) is 19.2 Å².